The van der Waals surface area contributed by atoms with Crippen LogP contribution < -0.4 is 27.8 Å². The molecule has 2 amide bonds. The second-order valence-corrected chi connectivity index (χ2v) is 9.57. The van der Waals surface area contributed by atoms with Crippen molar-refractivity contribution < 1.29 is 42.2 Å². The maximum atomic E-state index is 13.7. The number of pyridine rings is 1. The number of nitrogens with one attached hydrogen (secondary N) is 4. The number of aromatic nitrogens is 1. The zero-order chi connectivity index (χ0) is 33.7. The number of benzene rings is 1. The van der Waals surface area contributed by atoms with Crippen LogP contribution in [-0.4, -0.2) is 76.3 Å². The number of nitrogen functional groups attached to an aromatic ring is 1. The number of esters is 1. The molecule has 0 bridgehead atoms. The van der Waals surface area contributed by atoms with Crippen molar-refractivity contribution in [2.75, 3.05) is 6.54 Å². The van der Waals surface area contributed by atoms with E-state index in [9.17, 15) is 37.5 Å². The van der Waals surface area contributed by atoms with Crippen LogP contribution in [0.2, 0.25) is 0 Å². The minimum Gasteiger partial charge on any atom is -0.481 e. The first-order valence-corrected chi connectivity index (χ1v) is 13.2. The molecule has 0 aliphatic rings. The molecule has 1 heterocycles. The van der Waals surface area contributed by atoms with E-state index in [2.05, 4.69) is 25.3 Å². The summed E-state index contributed by atoms with van der Waals surface area (Å²) >= 11 is 0. The largest absolute Gasteiger partial charge is 0.491 e. The third-order valence-corrected chi connectivity index (χ3v) is 6.11. The summed E-state index contributed by atoms with van der Waals surface area (Å²) in [6.45, 7) is 0.0434. The number of carboxylic acids is 1. The quantitative estimate of drug-likeness (QED) is 0.0572. The fraction of sp³-hybridized carbons (Fsp3) is 0.333. The minimum atomic E-state index is -5.55. The Balaban J connectivity index is 2.51. The van der Waals surface area contributed by atoms with E-state index in [1.807, 2.05) is 0 Å². The van der Waals surface area contributed by atoms with Gasteiger partial charge in [0.05, 0.1) is 12.3 Å². The van der Waals surface area contributed by atoms with Crippen molar-refractivity contribution in [2.45, 2.75) is 49.9 Å². The number of amides is 2. The molecule has 3 atom stereocenters. The highest BCUT2D eigenvalue weighted by Crippen LogP contribution is 2.23. The second kappa shape index (κ2) is 16.3. The van der Waals surface area contributed by atoms with Crippen LogP contribution in [0.3, 0.4) is 0 Å². The van der Waals surface area contributed by atoms with Crippen molar-refractivity contribution in [3.8, 4) is 0 Å². The van der Waals surface area contributed by atoms with Crippen LogP contribution in [0, 0.1) is 10.8 Å². The first kappa shape index (κ1) is 35.6. The van der Waals surface area contributed by atoms with Crippen molar-refractivity contribution >= 4 is 41.4 Å². The predicted molar refractivity (Wildman–Crippen MR) is 154 cm³/mol. The minimum absolute atomic E-state index is 0.0165. The van der Waals surface area contributed by atoms with Gasteiger partial charge in [-0.2, -0.15) is 13.2 Å². The lowest BCUT2D eigenvalue weighted by molar-refractivity contribution is -0.191. The molecule has 0 radical (unpaired) electrons. The summed E-state index contributed by atoms with van der Waals surface area (Å²) in [5.41, 5.74) is 17.4. The molecular weight excluding hydrogens is 603 g/mol. The number of guanidine groups is 1. The molecule has 2 aromatic rings. The van der Waals surface area contributed by atoms with E-state index in [0.29, 0.717) is 16.7 Å². The van der Waals surface area contributed by atoms with Crippen molar-refractivity contribution in [1.82, 2.24) is 15.6 Å². The fourth-order valence-electron chi connectivity index (χ4n) is 3.93. The average Bonchev–Trinajstić information content (AvgIpc) is 2.96. The van der Waals surface area contributed by atoms with Crippen LogP contribution in [0.5, 0.6) is 0 Å². The second-order valence-electron chi connectivity index (χ2n) is 9.57. The summed E-state index contributed by atoms with van der Waals surface area (Å²) in [6, 6.07) is 5.77. The lowest BCUT2D eigenvalue weighted by Gasteiger charge is -2.24. The molecule has 0 aliphatic heterocycles. The van der Waals surface area contributed by atoms with Gasteiger partial charge < -0.3 is 37.7 Å². The molecule has 0 spiro atoms. The van der Waals surface area contributed by atoms with Crippen LogP contribution in [0.25, 0.3) is 0 Å². The number of carbonyl (C=O) groups excluding carboxylic acids is 3. The molecule has 45 heavy (non-hydrogen) atoms. The van der Waals surface area contributed by atoms with Gasteiger partial charge in [-0.15, -0.1) is 0 Å². The summed E-state index contributed by atoms with van der Waals surface area (Å²) in [4.78, 5) is 57.1. The third-order valence-electron chi connectivity index (χ3n) is 6.11. The Bertz CT molecular complexity index is 1420. The van der Waals surface area contributed by atoms with Crippen LogP contribution in [0.15, 0.2) is 53.8 Å². The van der Waals surface area contributed by atoms with E-state index in [4.69, 9.17) is 28.0 Å². The Labute approximate surface area is 254 Å². The lowest BCUT2D eigenvalue weighted by atomic mass is 9.91. The van der Waals surface area contributed by atoms with Gasteiger partial charge in [-0.1, -0.05) is 30.3 Å². The van der Waals surface area contributed by atoms with E-state index in [1.54, 1.807) is 30.3 Å². The molecule has 0 aliphatic carbocycles. The Kier molecular flexibility index (Phi) is 12.9. The summed E-state index contributed by atoms with van der Waals surface area (Å²) in [5.74, 6) is -9.32. The molecule has 1 aromatic heterocycles. The molecule has 0 saturated carbocycles. The molecule has 242 valence electrons. The number of carboxylic acid groups (broad SMARTS) is 1. The van der Waals surface area contributed by atoms with Crippen molar-refractivity contribution in [3.63, 3.8) is 0 Å². The highest BCUT2D eigenvalue weighted by atomic mass is 19.4. The maximum absolute atomic E-state index is 13.7. The number of nitrogens with two attached hydrogens (primary N) is 3. The molecule has 15 nitrogen and oxygen atoms in total. The van der Waals surface area contributed by atoms with Crippen LogP contribution in [-0.2, 0) is 30.3 Å². The molecular formula is C27H32F3N9O6. The van der Waals surface area contributed by atoms with Gasteiger partial charge in [0.25, 0.3) is 0 Å². The Morgan fingerprint density at radius 3 is 2.24 bits per heavy atom. The number of alkyl halides is 3. The number of aliphatic carboxylic acids is 1. The first-order valence-electron chi connectivity index (χ1n) is 13.2. The number of ether oxygens (including phenoxy) is 1. The topological polar surface area (TPSA) is 273 Å². The van der Waals surface area contributed by atoms with Gasteiger partial charge in [0, 0.05) is 24.5 Å². The molecule has 0 saturated heterocycles. The molecule has 1 aromatic carbocycles. The van der Waals surface area contributed by atoms with Gasteiger partial charge in [0.1, 0.15) is 17.9 Å². The highest BCUT2D eigenvalue weighted by molar-refractivity contribution is 5.99. The monoisotopic (exact) mass is 635 g/mol. The number of nitrogens with zero attached hydrogens (tertiary/aromatic N) is 2. The van der Waals surface area contributed by atoms with Crippen LogP contribution in [0.4, 0.5) is 13.2 Å². The summed E-state index contributed by atoms with van der Waals surface area (Å²) in [6.07, 6.45) is -4.03. The predicted octanol–water partition coefficient (Wildman–Crippen LogP) is 0.273. The van der Waals surface area contributed by atoms with Gasteiger partial charge in [-0.25, -0.2) is 9.79 Å². The number of hydrogen-bond donors (Lipinski definition) is 8. The fourth-order valence-corrected chi connectivity index (χ4v) is 3.93. The number of aliphatic imine (C=N–C) groups is 1. The summed E-state index contributed by atoms with van der Waals surface area (Å²) in [5, 5.41) is 29.0. The van der Waals surface area contributed by atoms with Gasteiger partial charge in [0.15, 0.2) is 5.96 Å². The third kappa shape index (κ3) is 11.9. The van der Waals surface area contributed by atoms with E-state index in [-0.39, 0.29) is 31.6 Å². The molecule has 0 fully saturated rings. The highest BCUT2D eigenvalue weighted by Gasteiger charge is 2.43. The van der Waals surface area contributed by atoms with Crippen LogP contribution >= 0.6 is 0 Å². The average molecular weight is 636 g/mol. The molecule has 0 unspecified atom stereocenters. The first-order chi connectivity index (χ1) is 21.1. The number of primary amides is 1. The van der Waals surface area contributed by atoms with Gasteiger partial charge in [0.2, 0.25) is 17.7 Å². The molecule has 11 N–H and O–H groups in total. The van der Waals surface area contributed by atoms with Crippen molar-refractivity contribution in [1.29, 1.82) is 10.8 Å². The van der Waals surface area contributed by atoms with Gasteiger partial charge >= 0.3 is 18.1 Å². The SMILES string of the molecule is N=C(N)NCCC[C@H](N=C(OC(=O)C(F)(F)F)[C@H](CC(=O)O)NC(=O)[C@@H](Cc1ccc(C(=N)N)cc1)c1cccnc1)C(N)=O. The number of halogens is 3. The van der Waals surface area contributed by atoms with Crippen LogP contribution in [0.1, 0.15) is 41.9 Å². The van der Waals surface area contributed by atoms with Gasteiger partial charge in [-0.3, -0.25) is 30.2 Å². The Morgan fingerprint density at radius 2 is 1.73 bits per heavy atom. The zero-order valence-electron chi connectivity index (χ0n) is 23.6. The standard InChI is InChI=1S/C27H32F3N9O6/c28-27(29,30)25(44)45-24(39-18(22(33)42)4-2-10-37-26(34)35)19(12-20(40)41)38-23(43)17(16-3-1-9-36-13-16)11-14-5-7-15(8-6-14)21(31)32/h1,3,5-9,13,17-19H,2,4,10-12H2,(H3,31,32)(H2,33,42)(H,38,43)(H,40,41)(H4,34,35,37)/t17-,18-,19-/m0/s1. The molecule has 18 heteroatoms. The number of carbonyl (C=O) groups is 4. The summed E-state index contributed by atoms with van der Waals surface area (Å²) in [7, 11) is 0. The number of hydrogen-bond acceptors (Lipinski definition) is 9. The van der Waals surface area contributed by atoms with E-state index < -0.39 is 66.2 Å². The normalized spacial score (nSPS) is 13.5. The zero-order valence-corrected chi connectivity index (χ0v) is 23.6. The smallest absolute Gasteiger partial charge is 0.481 e. The van der Waals surface area contributed by atoms with Gasteiger partial charge in [-0.05, 0) is 36.5 Å². The van der Waals surface area contributed by atoms with E-state index >= 15 is 0 Å². The maximum Gasteiger partial charge on any atom is 0.491 e. The molecule has 2 rings (SSSR count). The Hall–Kier alpha value is -5.55. The van der Waals surface area contributed by atoms with Crippen molar-refractivity contribution in [2.24, 2.45) is 22.2 Å². The number of rotatable bonds is 15. The Morgan fingerprint density at radius 1 is 1.07 bits per heavy atom. The summed E-state index contributed by atoms with van der Waals surface area (Å²) < 4.78 is 44.0. The number of amidine groups is 1. The van der Waals surface area contributed by atoms with Crippen molar-refractivity contribution in [3.05, 3.63) is 65.5 Å². The van der Waals surface area contributed by atoms with E-state index in [0.717, 1.165) is 0 Å². The lowest BCUT2D eigenvalue weighted by Crippen LogP contribution is -2.48. The van der Waals surface area contributed by atoms with E-state index in [1.165, 1.54) is 18.5 Å².